The van der Waals surface area contributed by atoms with E-state index in [1.807, 2.05) is 50.4 Å². The first-order valence-electron chi connectivity index (χ1n) is 8.44. The molecule has 25 heavy (non-hydrogen) atoms. The fraction of sp³-hybridized carbons (Fsp3) is 0.300. The van der Waals surface area contributed by atoms with Crippen molar-refractivity contribution < 1.29 is 9.53 Å². The van der Waals surface area contributed by atoms with Crippen molar-refractivity contribution in [2.45, 2.75) is 32.4 Å². The topological polar surface area (TPSA) is 42.4 Å². The van der Waals surface area contributed by atoms with Crippen LogP contribution in [-0.4, -0.2) is 28.9 Å². The Kier molecular flexibility index (Phi) is 3.96. The van der Waals surface area contributed by atoms with Gasteiger partial charge in [-0.3, -0.25) is 4.79 Å². The van der Waals surface area contributed by atoms with Crippen LogP contribution >= 0.6 is 11.3 Å². The number of benzene rings is 2. The first-order chi connectivity index (χ1) is 12.0. The monoisotopic (exact) mass is 352 g/mol. The van der Waals surface area contributed by atoms with Crippen LogP contribution in [-0.2, 0) is 6.54 Å². The lowest BCUT2D eigenvalue weighted by atomic mass is 9.96. The van der Waals surface area contributed by atoms with Crippen LogP contribution in [0.25, 0.3) is 10.2 Å². The molecule has 1 aromatic heterocycles. The molecule has 4 nitrogen and oxygen atoms in total. The predicted molar refractivity (Wildman–Crippen MR) is 100 cm³/mol. The van der Waals surface area contributed by atoms with Gasteiger partial charge in [0.05, 0.1) is 22.3 Å². The largest absolute Gasteiger partial charge is 0.489 e. The van der Waals surface area contributed by atoms with Crippen LogP contribution in [0.2, 0.25) is 0 Å². The fourth-order valence-corrected chi connectivity index (χ4v) is 4.24. The van der Waals surface area contributed by atoms with Crippen LogP contribution in [0, 0.1) is 0 Å². The maximum Gasteiger partial charge on any atom is 0.257 e. The molecule has 5 heteroatoms. The van der Waals surface area contributed by atoms with E-state index in [9.17, 15) is 4.79 Å². The van der Waals surface area contributed by atoms with Gasteiger partial charge >= 0.3 is 0 Å². The number of hydrogen-bond donors (Lipinski definition) is 0. The Bertz CT molecular complexity index is 917. The highest BCUT2D eigenvalue weighted by molar-refractivity contribution is 7.18. The van der Waals surface area contributed by atoms with Gasteiger partial charge in [0.2, 0.25) is 0 Å². The van der Waals surface area contributed by atoms with Gasteiger partial charge < -0.3 is 9.64 Å². The van der Waals surface area contributed by atoms with Gasteiger partial charge in [-0.25, -0.2) is 4.98 Å². The Labute approximate surface area is 151 Å². The van der Waals surface area contributed by atoms with Crippen LogP contribution in [0.15, 0.2) is 42.5 Å². The van der Waals surface area contributed by atoms with Crippen LogP contribution < -0.4 is 4.74 Å². The molecule has 0 fully saturated rings. The maximum atomic E-state index is 13.0. The lowest BCUT2D eigenvalue weighted by molar-refractivity contribution is 0.0779. The number of rotatable bonds is 3. The van der Waals surface area contributed by atoms with E-state index in [0.717, 1.165) is 26.5 Å². The van der Waals surface area contributed by atoms with E-state index in [2.05, 4.69) is 18.0 Å². The van der Waals surface area contributed by atoms with Crippen molar-refractivity contribution in [3.63, 3.8) is 0 Å². The van der Waals surface area contributed by atoms with Crippen molar-refractivity contribution in [3.05, 3.63) is 58.6 Å². The summed E-state index contributed by atoms with van der Waals surface area (Å²) in [6.45, 7) is 4.67. The number of amides is 1. The van der Waals surface area contributed by atoms with Gasteiger partial charge in [-0.15, -0.1) is 11.3 Å². The van der Waals surface area contributed by atoms with Crippen molar-refractivity contribution >= 4 is 27.5 Å². The van der Waals surface area contributed by atoms with Crippen molar-refractivity contribution in [1.82, 2.24) is 9.88 Å². The van der Waals surface area contributed by atoms with Crippen LogP contribution in [0.1, 0.15) is 40.7 Å². The zero-order valence-electron chi connectivity index (χ0n) is 14.5. The molecule has 0 saturated heterocycles. The van der Waals surface area contributed by atoms with Gasteiger partial charge in [-0.1, -0.05) is 31.2 Å². The van der Waals surface area contributed by atoms with Crippen LogP contribution in [0.4, 0.5) is 0 Å². The lowest BCUT2D eigenvalue weighted by Crippen LogP contribution is -2.26. The predicted octanol–water partition coefficient (Wildman–Crippen LogP) is 4.45. The molecule has 0 saturated carbocycles. The zero-order chi connectivity index (χ0) is 17.6. The molecule has 1 aliphatic rings. The van der Waals surface area contributed by atoms with Crippen molar-refractivity contribution in [2.24, 2.45) is 0 Å². The van der Waals surface area contributed by atoms with E-state index in [0.29, 0.717) is 18.0 Å². The molecule has 128 valence electrons. The molecule has 0 bridgehead atoms. The Morgan fingerprint density at radius 1 is 1.20 bits per heavy atom. The molecule has 1 amide bonds. The summed E-state index contributed by atoms with van der Waals surface area (Å²) < 4.78 is 7.10. The van der Waals surface area contributed by atoms with Crippen molar-refractivity contribution in [1.29, 1.82) is 0 Å². The summed E-state index contributed by atoms with van der Waals surface area (Å²) in [6.07, 6.45) is 0.0958. The van der Waals surface area contributed by atoms with Gasteiger partial charge in [0.1, 0.15) is 16.9 Å². The molecule has 0 unspecified atom stereocenters. The molecule has 2 aromatic carbocycles. The number of thiazole rings is 1. The number of carbonyl (C=O) groups excluding carboxylic acids is 1. The summed E-state index contributed by atoms with van der Waals surface area (Å²) in [6, 6.07) is 13.9. The molecule has 0 radical (unpaired) electrons. The van der Waals surface area contributed by atoms with Crippen LogP contribution in [0.5, 0.6) is 5.75 Å². The third-order valence-electron chi connectivity index (χ3n) is 4.83. The fourth-order valence-electron chi connectivity index (χ4n) is 3.22. The summed E-state index contributed by atoms with van der Waals surface area (Å²) in [5, 5.41) is 0.937. The molecule has 0 aliphatic carbocycles. The molecule has 4 rings (SSSR count). The van der Waals surface area contributed by atoms with Gasteiger partial charge in [0.15, 0.2) is 0 Å². The first-order valence-corrected chi connectivity index (χ1v) is 9.25. The summed E-state index contributed by atoms with van der Waals surface area (Å²) in [5.41, 5.74) is 2.74. The molecule has 0 spiro atoms. The van der Waals surface area contributed by atoms with E-state index in [-0.39, 0.29) is 12.0 Å². The smallest absolute Gasteiger partial charge is 0.257 e. The third-order valence-corrected chi connectivity index (χ3v) is 5.85. The number of aromatic nitrogens is 1. The number of carbonyl (C=O) groups is 1. The first kappa shape index (κ1) is 16.1. The Morgan fingerprint density at radius 2 is 2.00 bits per heavy atom. The van der Waals surface area contributed by atoms with Crippen molar-refractivity contribution in [3.8, 4) is 5.75 Å². The molecule has 2 heterocycles. The number of fused-ring (bicyclic) bond motifs is 2. The molecule has 3 aromatic rings. The van der Waals surface area contributed by atoms with Crippen LogP contribution in [0.3, 0.4) is 0 Å². The highest BCUT2D eigenvalue weighted by Crippen LogP contribution is 2.40. The minimum absolute atomic E-state index is 0.0302. The molecule has 1 aliphatic heterocycles. The van der Waals surface area contributed by atoms with Gasteiger partial charge in [0.25, 0.3) is 5.91 Å². The van der Waals surface area contributed by atoms with Gasteiger partial charge in [0, 0.05) is 18.5 Å². The number of nitrogens with zero attached hydrogens (tertiary/aromatic N) is 2. The van der Waals surface area contributed by atoms with E-state index in [1.54, 1.807) is 16.2 Å². The molecular weight excluding hydrogens is 332 g/mol. The molecule has 0 N–H and O–H groups in total. The Balaban J connectivity index is 1.59. The average molecular weight is 352 g/mol. The SMILES string of the molecule is C[C@@H]1Oc2c(C(=O)N(C)Cc3nc4ccccc4s3)cccc2[C@@H]1C. The molecular formula is C20H20N2O2S. The quantitative estimate of drug-likeness (QED) is 0.699. The zero-order valence-corrected chi connectivity index (χ0v) is 15.3. The summed E-state index contributed by atoms with van der Waals surface area (Å²) in [4.78, 5) is 19.3. The maximum absolute atomic E-state index is 13.0. The van der Waals surface area contributed by atoms with E-state index in [4.69, 9.17) is 4.74 Å². The third kappa shape index (κ3) is 2.78. The van der Waals surface area contributed by atoms with Gasteiger partial charge in [-0.2, -0.15) is 0 Å². The number of para-hydroxylation sites is 2. The Morgan fingerprint density at radius 3 is 2.80 bits per heavy atom. The second-order valence-corrected chi connectivity index (χ2v) is 7.69. The highest BCUT2D eigenvalue weighted by Gasteiger charge is 2.31. The number of hydrogen-bond acceptors (Lipinski definition) is 4. The van der Waals surface area contributed by atoms with Crippen molar-refractivity contribution in [2.75, 3.05) is 7.05 Å². The lowest BCUT2D eigenvalue weighted by Gasteiger charge is -2.17. The van der Waals surface area contributed by atoms with Gasteiger partial charge in [-0.05, 0) is 25.1 Å². The normalized spacial score (nSPS) is 18.8. The minimum atomic E-state index is -0.0302. The molecule has 2 atom stereocenters. The minimum Gasteiger partial charge on any atom is -0.489 e. The van der Waals surface area contributed by atoms with E-state index >= 15 is 0 Å². The summed E-state index contributed by atoms with van der Waals surface area (Å²) in [5.74, 6) is 1.01. The second kappa shape index (κ2) is 6.15. The average Bonchev–Trinajstić information content (AvgIpc) is 3.14. The second-order valence-electron chi connectivity index (χ2n) is 6.57. The van der Waals surface area contributed by atoms with E-state index in [1.165, 1.54) is 0 Å². The summed E-state index contributed by atoms with van der Waals surface area (Å²) in [7, 11) is 1.82. The highest BCUT2D eigenvalue weighted by atomic mass is 32.1. The number of ether oxygens (including phenoxy) is 1. The summed E-state index contributed by atoms with van der Waals surface area (Å²) >= 11 is 1.63. The standard InChI is InChI=1S/C20H20N2O2S/c1-12-13(2)24-19-14(12)7-6-8-15(19)20(23)22(3)11-18-21-16-9-4-5-10-17(16)25-18/h4-10,12-13H,11H2,1-3H3/t12-,13+/m1/s1. The Hall–Kier alpha value is -2.40. The van der Waals surface area contributed by atoms with E-state index < -0.39 is 0 Å².